The number of carbonyl (C=O) groups is 2. The Morgan fingerprint density at radius 2 is 2.06 bits per heavy atom. The molecule has 6 heteroatoms. The lowest BCUT2D eigenvalue weighted by atomic mass is 10.2. The molecule has 0 atom stereocenters. The van der Waals surface area contributed by atoms with E-state index in [1.807, 2.05) is 6.92 Å². The zero-order valence-corrected chi connectivity index (χ0v) is 9.83. The van der Waals surface area contributed by atoms with Crippen molar-refractivity contribution in [3.8, 4) is 5.69 Å². The van der Waals surface area contributed by atoms with Crippen molar-refractivity contribution < 1.29 is 9.59 Å². The minimum Gasteiger partial charge on any atom is -0.366 e. The Kier molecular flexibility index (Phi) is 3.18. The van der Waals surface area contributed by atoms with Crippen LogP contribution in [0.15, 0.2) is 24.3 Å². The number of aromatic nitrogens is 3. The molecule has 6 nitrogen and oxygen atoms in total. The minimum atomic E-state index is -0.482. The monoisotopic (exact) mass is 244 g/mol. The quantitative estimate of drug-likeness (QED) is 0.803. The summed E-state index contributed by atoms with van der Waals surface area (Å²) >= 11 is 0. The van der Waals surface area contributed by atoms with E-state index in [1.54, 1.807) is 28.9 Å². The fourth-order valence-corrected chi connectivity index (χ4v) is 1.71. The van der Waals surface area contributed by atoms with Gasteiger partial charge in [0.1, 0.15) is 5.69 Å². The van der Waals surface area contributed by atoms with Crippen molar-refractivity contribution >= 4 is 12.2 Å². The van der Waals surface area contributed by atoms with Crippen LogP contribution in [0.2, 0.25) is 0 Å². The highest BCUT2D eigenvalue weighted by Crippen LogP contribution is 2.13. The molecule has 0 aliphatic rings. The first-order chi connectivity index (χ1) is 8.67. The van der Waals surface area contributed by atoms with Gasteiger partial charge < -0.3 is 5.73 Å². The van der Waals surface area contributed by atoms with Crippen molar-refractivity contribution in [1.29, 1.82) is 0 Å². The lowest BCUT2D eigenvalue weighted by Gasteiger charge is -2.05. The van der Waals surface area contributed by atoms with Gasteiger partial charge in [-0.2, -0.15) is 0 Å². The SMILES string of the molecule is CCc1c(C=O)nnn1-c1ccc(C(N)=O)cc1. The predicted molar refractivity (Wildman–Crippen MR) is 64.6 cm³/mol. The number of rotatable bonds is 4. The van der Waals surface area contributed by atoms with Crippen molar-refractivity contribution in [2.24, 2.45) is 5.73 Å². The highest BCUT2D eigenvalue weighted by Gasteiger charge is 2.11. The first-order valence-corrected chi connectivity index (χ1v) is 5.47. The standard InChI is InChI=1S/C12H12N4O2/c1-2-11-10(7-17)14-15-16(11)9-5-3-8(4-6-9)12(13)18/h3-7H,2H2,1H3,(H2,13,18). The molecule has 1 amide bonds. The Morgan fingerprint density at radius 1 is 1.39 bits per heavy atom. The van der Waals surface area contributed by atoms with Crippen LogP contribution < -0.4 is 5.73 Å². The van der Waals surface area contributed by atoms with Crippen LogP contribution in [0.3, 0.4) is 0 Å². The van der Waals surface area contributed by atoms with E-state index >= 15 is 0 Å². The molecule has 0 unspecified atom stereocenters. The summed E-state index contributed by atoms with van der Waals surface area (Å²) in [6, 6.07) is 6.64. The molecule has 0 aliphatic heterocycles. The van der Waals surface area contributed by atoms with Gasteiger partial charge in [0.25, 0.3) is 0 Å². The molecule has 0 aliphatic carbocycles. The van der Waals surface area contributed by atoms with Gasteiger partial charge in [-0.3, -0.25) is 9.59 Å². The maximum absolute atomic E-state index is 11.0. The number of benzene rings is 1. The van der Waals surface area contributed by atoms with Crippen LogP contribution in [-0.2, 0) is 6.42 Å². The number of primary amides is 1. The number of hydrogen-bond donors (Lipinski definition) is 1. The Balaban J connectivity index is 2.45. The summed E-state index contributed by atoms with van der Waals surface area (Å²) in [5.74, 6) is -0.482. The summed E-state index contributed by atoms with van der Waals surface area (Å²) in [5.41, 5.74) is 7.38. The molecular weight excluding hydrogens is 232 g/mol. The normalized spacial score (nSPS) is 10.3. The largest absolute Gasteiger partial charge is 0.366 e. The zero-order valence-electron chi connectivity index (χ0n) is 9.83. The van der Waals surface area contributed by atoms with Crippen molar-refractivity contribution in [2.45, 2.75) is 13.3 Å². The third-order valence-electron chi connectivity index (χ3n) is 2.64. The second-order valence-corrected chi connectivity index (χ2v) is 3.72. The van der Waals surface area contributed by atoms with Gasteiger partial charge in [0.15, 0.2) is 6.29 Å². The number of nitrogens with two attached hydrogens (primary N) is 1. The molecule has 2 rings (SSSR count). The number of carbonyl (C=O) groups excluding carboxylic acids is 2. The zero-order chi connectivity index (χ0) is 13.1. The molecule has 0 saturated heterocycles. The molecule has 0 spiro atoms. The van der Waals surface area contributed by atoms with Crippen molar-refractivity contribution in [3.63, 3.8) is 0 Å². The second-order valence-electron chi connectivity index (χ2n) is 3.72. The first-order valence-electron chi connectivity index (χ1n) is 5.47. The van der Waals surface area contributed by atoms with E-state index in [0.29, 0.717) is 24.0 Å². The lowest BCUT2D eigenvalue weighted by Crippen LogP contribution is -2.11. The Morgan fingerprint density at radius 3 is 2.56 bits per heavy atom. The van der Waals surface area contributed by atoms with Crippen molar-refractivity contribution in [1.82, 2.24) is 15.0 Å². The molecule has 1 aromatic carbocycles. The lowest BCUT2D eigenvalue weighted by molar-refractivity contribution is 0.1000. The van der Waals surface area contributed by atoms with Crippen LogP contribution in [0.1, 0.15) is 33.5 Å². The Labute approximate surface area is 103 Å². The summed E-state index contributed by atoms with van der Waals surface area (Å²) in [7, 11) is 0. The number of nitrogens with zero attached hydrogens (tertiary/aromatic N) is 3. The van der Waals surface area contributed by atoms with Gasteiger partial charge in [0, 0.05) is 5.56 Å². The molecule has 18 heavy (non-hydrogen) atoms. The first kappa shape index (κ1) is 12.0. The minimum absolute atomic E-state index is 0.330. The highest BCUT2D eigenvalue weighted by molar-refractivity contribution is 5.92. The fourth-order valence-electron chi connectivity index (χ4n) is 1.71. The van der Waals surface area contributed by atoms with Gasteiger partial charge in [0.2, 0.25) is 5.91 Å². The molecule has 0 fully saturated rings. The van der Waals surface area contributed by atoms with Gasteiger partial charge in [-0.25, -0.2) is 4.68 Å². The van der Waals surface area contributed by atoms with Crippen molar-refractivity contribution in [2.75, 3.05) is 0 Å². The molecule has 92 valence electrons. The Bertz CT molecular complexity index is 587. The second kappa shape index (κ2) is 4.79. The molecular formula is C12H12N4O2. The van der Waals surface area contributed by atoms with Crippen LogP contribution in [0.25, 0.3) is 5.69 Å². The average molecular weight is 244 g/mol. The Hall–Kier alpha value is -2.50. The summed E-state index contributed by atoms with van der Waals surface area (Å²) in [6.45, 7) is 1.92. The van der Waals surface area contributed by atoms with E-state index in [1.165, 1.54) is 0 Å². The molecule has 0 radical (unpaired) electrons. The summed E-state index contributed by atoms with van der Waals surface area (Å²) in [5, 5.41) is 7.71. The third-order valence-corrected chi connectivity index (χ3v) is 2.64. The smallest absolute Gasteiger partial charge is 0.248 e. The van der Waals surface area contributed by atoms with E-state index in [9.17, 15) is 9.59 Å². The third kappa shape index (κ3) is 2.00. The van der Waals surface area contributed by atoms with E-state index in [2.05, 4.69) is 10.3 Å². The topological polar surface area (TPSA) is 90.9 Å². The van der Waals surface area contributed by atoms with Crippen LogP contribution in [0, 0.1) is 0 Å². The molecule has 0 saturated carbocycles. The molecule has 1 aromatic heterocycles. The van der Waals surface area contributed by atoms with Crippen LogP contribution in [0.5, 0.6) is 0 Å². The summed E-state index contributed by atoms with van der Waals surface area (Å²) in [6.07, 6.45) is 1.32. The number of hydrogen-bond acceptors (Lipinski definition) is 4. The van der Waals surface area contributed by atoms with Gasteiger partial charge in [-0.05, 0) is 30.7 Å². The summed E-state index contributed by atoms with van der Waals surface area (Å²) in [4.78, 5) is 21.8. The van der Waals surface area contributed by atoms with E-state index in [4.69, 9.17) is 5.73 Å². The van der Waals surface area contributed by atoms with Gasteiger partial charge in [-0.1, -0.05) is 12.1 Å². The van der Waals surface area contributed by atoms with E-state index in [-0.39, 0.29) is 0 Å². The van der Waals surface area contributed by atoms with Crippen molar-refractivity contribution in [3.05, 3.63) is 41.2 Å². The predicted octanol–water partition coefficient (Wildman–Crippen LogP) is 0.741. The van der Waals surface area contributed by atoms with Crippen LogP contribution >= 0.6 is 0 Å². The highest BCUT2D eigenvalue weighted by atomic mass is 16.1. The molecule has 0 bridgehead atoms. The van der Waals surface area contributed by atoms with E-state index in [0.717, 1.165) is 11.4 Å². The van der Waals surface area contributed by atoms with Gasteiger partial charge in [0.05, 0.1) is 11.4 Å². The molecule has 2 aromatic rings. The summed E-state index contributed by atoms with van der Waals surface area (Å²) < 4.78 is 1.58. The van der Waals surface area contributed by atoms with Gasteiger partial charge >= 0.3 is 0 Å². The van der Waals surface area contributed by atoms with Crippen LogP contribution in [0.4, 0.5) is 0 Å². The maximum atomic E-state index is 11.0. The fraction of sp³-hybridized carbons (Fsp3) is 0.167. The number of amides is 1. The number of aldehydes is 1. The maximum Gasteiger partial charge on any atom is 0.248 e. The van der Waals surface area contributed by atoms with Crippen LogP contribution in [-0.4, -0.2) is 27.2 Å². The van der Waals surface area contributed by atoms with Gasteiger partial charge in [-0.15, -0.1) is 5.10 Å². The molecule has 2 N–H and O–H groups in total. The molecule has 1 heterocycles. The van der Waals surface area contributed by atoms with E-state index < -0.39 is 5.91 Å². The average Bonchev–Trinajstić information content (AvgIpc) is 2.81.